The number of carbonyl (C=O) groups is 4. The molecular formula is C56H66N10O7S2. The quantitative estimate of drug-likeness (QED) is 0.0657. The number of pyridine rings is 1. The third-order valence-corrected chi connectivity index (χ3v) is 16.7. The summed E-state index contributed by atoms with van der Waals surface area (Å²) in [7, 11) is 0. The highest BCUT2D eigenvalue weighted by Crippen LogP contribution is 2.36. The van der Waals surface area contributed by atoms with Gasteiger partial charge in [-0.1, -0.05) is 81.4 Å². The zero-order valence-electron chi connectivity index (χ0n) is 43.4. The third-order valence-electron chi connectivity index (χ3n) is 14.7. The number of aromatic nitrogens is 6. The van der Waals surface area contributed by atoms with Crippen LogP contribution >= 0.6 is 22.7 Å². The van der Waals surface area contributed by atoms with Crippen LogP contribution in [0.5, 0.6) is 0 Å². The van der Waals surface area contributed by atoms with Crippen molar-refractivity contribution in [1.29, 1.82) is 0 Å². The number of nitrogens with zero attached hydrogens (tertiary/aromatic N) is 8. The standard InChI is InChI=1S/C56H66N10O7S2/c1-31(2)49(55(71)64-27-42(67)23-46(64)53(69)61-33(5)36-11-15-38(16-12-36)51-35(7)58-29-74-51)48-22-41(63-73-48)19-20-45-52(75-30-59-45)39-17-13-37(14-18-39)34(6)62-54(70)47-24-43(68)28-65(47)56(72)50(32(3)4)66-26-40(25-60-66)44-10-8-9-21-57-44/h8-15,17-18,21-22,25-26,29-34,38,42-43,46-47,49-50,67-68H,16,19-20,23-24,27-28H2,1-7H3,(H,61,69)(H,62,70)/t33-,34-,38?,42+,43+,46-,47-,49+,50-/m0/s1. The first-order chi connectivity index (χ1) is 36.0. The van der Waals surface area contributed by atoms with Crippen molar-refractivity contribution in [2.24, 2.45) is 11.8 Å². The van der Waals surface area contributed by atoms with Gasteiger partial charge in [0.25, 0.3) is 0 Å². The smallest absolute Gasteiger partial charge is 0.248 e. The van der Waals surface area contributed by atoms with Gasteiger partial charge in [0.2, 0.25) is 23.6 Å². The average molecular weight is 1060 g/mol. The lowest BCUT2D eigenvalue weighted by molar-refractivity contribution is -0.142. The lowest BCUT2D eigenvalue weighted by Crippen LogP contribution is -2.50. The maximum atomic E-state index is 14.4. The van der Waals surface area contributed by atoms with Gasteiger partial charge in [-0.25, -0.2) is 9.97 Å². The van der Waals surface area contributed by atoms with Crippen molar-refractivity contribution in [1.82, 2.24) is 50.3 Å². The van der Waals surface area contributed by atoms with Gasteiger partial charge in [0.05, 0.1) is 69.2 Å². The average Bonchev–Trinajstić information content (AvgIpc) is 4.28. The molecule has 19 heteroatoms. The summed E-state index contributed by atoms with van der Waals surface area (Å²) in [4.78, 5) is 75.1. The number of carbonyl (C=O) groups excluding carboxylic acids is 4. The highest BCUT2D eigenvalue weighted by Gasteiger charge is 2.45. The number of aryl methyl sites for hydroxylation is 3. The van der Waals surface area contributed by atoms with Crippen LogP contribution in [0.2, 0.25) is 0 Å². The molecule has 3 aliphatic rings. The van der Waals surface area contributed by atoms with E-state index in [2.05, 4.69) is 49.1 Å². The molecule has 394 valence electrons. The number of allylic oxidation sites excluding steroid dienone is 2. The first kappa shape index (κ1) is 53.2. The van der Waals surface area contributed by atoms with Crippen molar-refractivity contribution >= 4 is 46.3 Å². The molecule has 2 fully saturated rings. The fraction of sp³-hybridized carbons (Fsp3) is 0.446. The van der Waals surface area contributed by atoms with Crippen molar-refractivity contribution in [2.75, 3.05) is 13.1 Å². The Morgan fingerprint density at radius 3 is 2.12 bits per heavy atom. The first-order valence-electron chi connectivity index (χ1n) is 25.8. The van der Waals surface area contributed by atoms with Crippen LogP contribution in [-0.2, 0) is 32.0 Å². The van der Waals surface area contributed by atoms with Gasteiger partial charge in [-0.15, -0.1) is 22.7 Å². The van der Waals surface area contributed by atoms with Gasteiger partial charge in [-0.2, -0.15) is 5.10 Å². The second-order valence-electron chi connectivity index (χ2n) is 20.8. The molecule has 0 bridgehead atoms. The Kier molecular flexibility index (Phi) is 16.3. The van der Waals surface area contributed by atoms with Crippen molar-refractivity contribution < 1.29 is 33.9 Å². The number of amides is 4. The van der Waals surface area contributed by atoms with Gasteiger partial charge in [0, 0.05) is 60.7 Å². The van der Waals surface area contributed by atoms with Crippen LogP contribution in [0.4, 0.5) is 0 Å². The molecule has 7 heterocycles. The number of hydrogen-bond donors (Lipinski definition) is 4. The zero-order chi connectivity index (χ0) is 53.1. The van der Waals surface area contributed by atoms with Crippen molar-refractivity contribution in [3.05, 3.63) is 135 Å². The summed E-state index contributed by atoms with van der Waals surface area (Å²) in [6, 6.07) is 12.3. The van der Waals surface area contributed by atoms with E-state index in [1.54, 1.807) is 34.6 Å². The van der Waals surface area contributed by atoms with Crippen molar-refractivity contribution in [2.45, 2.75) is 135 Å². The van der Waals surface area contributed by atoms with E-state index in [9.17, 15) is 29.4 Å². The number of likely N-dealkylation sites (tertiary alicyclic amines) is 2. The number of benzene rings is 1. The fourth-order valence-electron chi connectivity index (χ4n) is 10.6. The summed E-state index contributed by atoms with van der Waals surface area (Å²) >= 11 is 3.17. The van der Waals surface area contributed by atoms with Gasteiger partial charge < -0.3 is 35.2 Å². The number of hydrogen-bond acceptors (Lipinski definition) is 14. The Balaban J connectivity index is 0.794. The van der Waals surface area contributed by atoms with Crippen LogP contribution in [0.15, 0.2) is 106 Å². The van der Waals surface area contributed by atoms with Crippen LogP contribution in [-0.4, -0.2) is 117 Å². The van der Waals surface area contributed by atoms with Gasteiger partial charge >= 0.3 is 0 Å². The van der Waals surface area contributed by atoms with Gasteiger partial charge in [-0.3, -0.25) is 28.8 Å². The van der Waals surface area contributed by atoms with Gasteiger partial charge in [0.1, 0.15) is 29.8 Å². The van der Waals surface area contributed by atoms with Crippen LogP contribution < -0.4 is 10.6 Å². The summed E-state index contributed by atoms with van der Waals surface area (Å²) in [6.07, 6.45) is 12.0. The Bertz CT molecular complexity index is 3030. The molecule has 17 nitrogen and oxygen atoms in total. The van der Waals surface area contributed by atoms with Crippen LogP contribution in [0, 0.1) is 18.8 Å². The summed E-state index contributed by atoms with van der Waals surface area (Å²) in [5, 5.41) is 36.6. The predicted octanol–water partition coefficient (Wildman–Crippen LogP) is 7.52. The molecule has 0 spiro atoms. The molecule has 1 aromatic carbocycles. The number of rotatable bonds is 18. The summed E-state index contributed by atoms with van der Waals surface area (Å²) in [5.74, 6) is -1.61. The molecule has 0 radical (unpaired) electrons. The van der Waals surface area contributed by atoms with E-state index < -0.39 is 42.3 Å². The minimum Gasteiger partial charge on any atom is -0.391 e. The number of aliphatic hydroxyl groups excluding tert-OH is 2. The van der Waals surface area contributed by atoms with E-state index in [0.717, 1.165) is 50.6 Å². The summed E-state index contributed by atoms with van der Waals surface area (Å²) in [5.41, 5.74) is 10.6. The van der Waals surface area contributed by atoms with E-state index in [4.69, 9.17) is 9.51 Å². The molecule has 0 saturated carbocycles. The molecule has 5 aromatic heterocycles. The Hall–Kier alpha value is -6.67. The van der Waals surface area contributed by atoms with Gasteiger partial charge in [-0.05, 0) is 80.7 Å². The van der Waals surface area contributed by atoms with E-state index in [1.807, 2.05) is 108 Å². The molecule has 6 aromatic rings. The number of aliphatic hydroxyl groups is 2. The highest BCUT2D eigenvalue weighted by atomic mass is 32.1. The minimum atomic E-state index is -0.853. The lowest BCUT2D eigenvalue weighted by atomic mass is 9.91. The zero-order valence-corrected chi connectivity index (χ0v) is 45.0. The van der Waals surface area contributed by atoms with Crippen molar-refractivity contribution in [3.63, 3.8) is 0 Å². The topological polar surface area (TPSA) is 222 Å². The first-order valence-corrected chi connectivity index (χ1v) is 27.6. The van der Waals surface area contributed by atoms with E-state index in [1.165, 1.54) is 26.0 Å². The number of nitrogens with one attached hydrogen (secondary N) is 2. The Labute approximate surface area is 445 Å². The summed E-state index contributed by atoms with van der Waals surface area (Å²) in [6.45, 7) is 13.7. The van der Waals surface area contributed by atoms with Crippen molar-refractivity contribution in [3.8, 4) is 21.7 Å². The van der Waals surface area contributed by atoms with E-state index >= 15 is 0 Å². The Morgan fingerprint density at radius 2 is 1.49 bits per heavy atom. The maximum Gasteiger partial charge on any atom is 0.248 e. The highest BCUT2D eigenvalue weighted by molar-refractivity contribution is 7.13. The molecule has 1 aliphatic carbocycles. The molecule has 9 atom stereocenters. The Morgan fingerprint density at radius 1 is 0.800 bits per heavy atom. The molecule has 2 aliphatic heterocycles. The number of β-amino-alcohol motifs (C(OH)–C–C–N with tert-alkyl or cyclic N) is 2. The van der Waals surface area contributed by atoms with Gasteiger partial charge in [0.15, 0.2) is 0 Å². The second-order valence-corrected chi connectivity index (χ2v) is 22.5. The summed E-state index contributed by atoms with van der Waals surface area (Å²) < 4.78 is 7.50. The molecule has 4 amide bonds. The SMILES string of the molecule is Cc1ncsc1C1C=CC([C@H](C)NC(=O)[C@@H]2C[C@@H](O)CN2C(=O)[C@@H](c2cc(CCc3ncsc3-c3ccc([C@H](C)NC(=O)[C@@H]4C[C@@H](O)CN4C(=O)[C@H](C(C)C)n4cc(-c5ccccn5)cn4)cc3)no2)C(C)C)=CC1. The molecular weight excluding hydrogens is 989 g/mol. The molecule has 4 N–H and O–H groups in total. The van der Waals surface area contributed by atoms with Crippen LogP contribution in [0.25, 0.3) is 21.7 Å². The fourth-order valence-corrected chi connectivity index (χ4v) is 12.4. The van der Waals surface area contributed by atoms with E-state index in [-0.39, 0.29) is 73.4 Å². The third kappa shape index (κ3) is 11.8. The molecule has 9 rings (SSSR count). The minimum absolute atomic E-state index is 0.0456. The maximum absolute atomic E-state index is 14.4. The molecule has 1 unspecified atom stereocenters. The van der Waals surface area contributed by atoms with Crippen LogP contribution in [0.3, 0.4) is 0 Å². The molecule has 2 saturated heterocycles. The van der Waals surface area contributed by atoms with Crippen LogP contribution in [0.1, 0.15) is 118 Å². The predicted molar refractivity (Wildman–Crippen MR) is 286 cm³/mol. The normalized spacial score (nSPS) is 21.3. The second kappa shape index (κ2) is 23.1. The largest absolute Gasteiger partial charge is 0.391 e. The molecule has 75 heavy (non-hydrogen) atoms. The lowest BCUT2D eigenvalue weighted by Gasteiger charge is -2.30. The monoisotopic (exact) mass is 1050 g/mol. The van der Waals surface area contributed by atoms with E-state index in [0.29, 0.717) is 24.3 Å². The number of thiazole rings is 2.